The molecule has 1 aromatic rings. The molecule has 0 aliphatic carbocycles. The quantitative estimate of drug-likeness (QED) is 0.801. The number of fused-ring (bicyclic) bond motifs is 1. The van der Waals surface area contributed by atoms with Gasteiger partial charge in [0.25, 0.3) is 0 Å². The molecule has 0 fully saturated rings. The maximum atomic E-state index is 12.2. The average molecular weight is 340 g/mol. The van der Waals surface area contributed by atoms with Crippen molar-refractivity contribution < 1.29 is 22.7 Å². The van der Waals surface area contributed by atoms with Gasteiger partial charge in [-0.05, 0) is 44.0 Å². The molecule has 1 aliphatic heterocycles. The second kappa shape index (κ2) is 6.67. The minimum absolute atomic E-state index is 0.00653. The van der Waals surface area contributed by atoms with Gasteiger partial charge in [-0.2, -0.15) is 4.72 Å². The zero-order valence-corrected chi connectivity index (χ0v) is 14.1. The Labute approximate surface area is 135 Å². The van der Waals surface area contributed by atoms with E-state index in [0.717, 1.165) is 11.3 Å². The van der Waals surface area contributed by atoms with Crippen LogP contribution in [0.3, 0.4) is 0 Å². The minimum atomic E-state index is -3.80. The molecule has 1 atom stereocenters. The first-order valence-corrected chi connectivity index (χ1v) is 8.82. The molecule has 126 valence electrons. The second-order valence-electron chi connectivity index (χ2n) is 5.36. The maximum absolute atomic E-state index is 12.2. The molecule has 7 nitrogen and oxygen atoms in total. The molecule has 8 heteroatoms. The summed E-state index contributed by atoms with van der Waals surface area (Å²) in [5, 5.41) is 0. The summed E-state index contributed by atoms with van der Waals surface area (Å²) >= 11 is 0. The number of nitrogens with one attached hydrogen (secondary N) is 1. The number of carbonyl (C=O) groups excluding carboxylic acids is 2. The van der Waals surface area contributed by atoms with Gasteiger partial charge in [0.1, 0.15) is 6.54 Å². The highest BCUT2D eigenvalue weighted by molar-refractivity contribution is 7.89. The Morgan fingerprint density at radius 1 is 1.39 bits per heavy atom. The van der Waals surface area contributed by atoms with Crippen LogP contribution in [0.15, 0.2) is 23.1 Å². The summed E-state index contributed by atoms with van der Waals surface area (Å²) in [6.45, 7) is 4.82. The predicted molar refractivity (Wildman–Crippen MR) is 84.6 cm³/mol. The SMILES string of the molecule is CCOC(=O)CNS(=O)(=O)c1ccc2c(c1)C[C@@H](C)N2C(C)=O. The van der Waals surface area contributed by atoms with Crippen LogP contribution in [0, 0.1) is 0 Å². The number of benzene rings is 1. The van der Waals surface area contributed by atoms with Crippen molar-refractivity contribution in [2.75, 3.05) is 18.1 Å². The highest BCUT2D eigenvalue weighted by Gasteiger charge is 2.30. The van der Waals surface area contributed by atoms with Crippen LogP contribution in [-0.4, -0.2) is 39.5 Å². The lowest BCUT2D eigenvalue weighted by atomic mass is 10.1. The lowest BCUT2D eigenvalue weighted by Gasteiger charge is -2.20. The van der Waals surface area contributed by atoms with Gasteiger partial charge in [-0.25, -0.2) is 8.42 Å². The molecular weight excluding hydrogens is 320 g/mol. The van der Waals surface area contributed by atoms with E-state index in [1.165, 1.54) is 13.0 Å². The van der Waals surface area contributed by atoms with Crippen molar-refractivity contribution in [2.45, 2.75) is 38.1 Å². The smallest absolute Gasteiger partial charge is 0.321 e. The first-order chi connectivity index (χ1) is 10.8. The predicted octanol–water partition coefficient (Wildman–Crippen LogP) is 0.825. The van der Waals surface area contributed by atoms with Gasteiger partial charge in [-0.3, -0.25) is 9.59 Å². The van der Waals surface area contributed by atoms with Crippen molar-refractivity contribution in [1.82, 2.24) is 4.72 Å². The molecule has 1 aromatic carbocycles. The molecular formula is C15H20N2O5S. The summed E-state index contributed by atoms with van der Waals surface area (Å²) in [5.74, 6) is -0.707. The summed E-state index contributed by atoms with van der Waals surface area (Å²) in [7, 11) is -3.80. The number of esters is 1. The Hall–Kier alpha value is -1.93. The van der Waals surface area contributed by atoms with Gasteiger partial charge in [0.2, 0.25) is 15.9 Å². The molecule has 1 heterocycles. The highest BCUT2D eigenvalue weighted by Crippen LogP contribution is 2.33. The molecule has 1 aliphatic rings. The number of hydrogen-bond donors (Lipinski definition) is 1. The fourth-order valence-corrected chi connectivity index (χ4v) is 3.72. The second-order valence-corrected chi connectivity index (χ2v) is 7.13. The fourth-order valence-electron chi connectivity index (χ4n) is 2.70. The Morgan fingerprint density at radius 2 is 2.09 bits per heavy atom. The molecule has 1 N–H and O–H groups in total. The van der Waals surface area contributed by atoms with Crippen LogP contribution >= 0.6 is 0 Å². The van der Waals surface area contributed by atoms with Crippen LogP contribution in [0.4, 0.5) is 5.69 Å². The van der Waals surface area contributed by atoms with Crippen molar-refractivity contribution in [3.63, 3.8) is 0 Å². The number of anilines is 1. The zero-order valence-electron chi connectivity index (χ0n) is 13.3. The first-order valence-electron chi connectivity index (χ1n) is 7.34. The Bertz CT molecular complexity index is 729. The van der Waals surface area contributed by atoms with E-state index in [2.05, 4.69) is 4.72 Å². The molecule has 2 rings (SSSR count). The third-order valence-corrected chi connectivity index (χ3v) is 5.03. The van der Waals surface area contributed by atoms with Gasteiger partial charge < -0.3 is 9.64 Å². The number of ether oxygens (including phenoxy) is 1. The highest BCUT2D eigenvalue weighted by atomic mass is 32.2. The Morgan fingerprint density at radius 3 is 2.70 bits per heavy atom. The van der Waals surface area contributed by atoms with Crippen molar-refractivity contribution in [1.29, 1.82) is 0 Å². The number of sulfonamides is 1. The van der Waals surface area contributed by atoms with E-state index >= 15 is 0 Å². The molecule has 0 radical (unpaired) electrons. The summed E-state index contributed by atoms with van der Waals surface area (Å²) < 4.78 is 31.4. The number of amides is 1. The van der Waals surface area contributed by atoms with Crippen molar-refractivity contribution >= 4 is 27.6 Å². The number of carbonyl (C=O) groups is 2. The maximum Gasteiger partial charge on any atom is 0.321 e. The normalized spacial score (nSPS) is 17.0. The Balaban J connectivity index is 2.21. The van der Waals surface area contributed by atoms with E-state index in [0.29, 0.717) is 6.42 Å². The van der Waals surface area contributed by atoms with Crippen LogP contribution in [0.2, 0.25) is 0 Å². The molecule has 1 amide bonds. The van der Waals surface area contributed by atoms with Gasteiger partial charge in [0.15, 0.2) is 0 Å². The minimum Gasteiger partial charge on any atom is -0.465 e. The Kier molecular flexibility index (Phi) is 5.06. The van der Waals surface area contributed by atoms with Crippen LogP contribution in [-0.2, 0) is 30.8 Å². The van der Waals surface area contributed by atoms with Crippen LogP contribution in [0.5, 0.6) is 0 Å². The average Bonchev–Trinajstić information content (AvgIpc) is 2.80. The topological polar surface area (TPSA) is 92.8 Å². The fraction of sp³-hybridized carbons (Fsp3) is 0.467. The van der Waals surface area contributed by atoms with E-state index in [4.69, 9.17) is 4.74 Å². The van der Waals surface area contributed by atoms with E-state index in [-0.39, 0.29) is 23.5 Å². The lowest BCUT2D eigenvalue weighted by molar-refractivity contribution is -0.141. The molecule has 0 saturated carbocycles. The lowest BCUT2D eigenvalue weighted by Crippen LogP contribution is -2.33. The molecule has 0 spiro atoms. The van der Waals surface area contributed by atoms with Gasteiger partial charge in [0, 0.05) is 18.7 Å². The van der Waals surface area contributed by atoms with Crippen molar-refractivity contribution in [3.8, 4) is 0 Å². The third kappa shape index (κ3) is 3.70. The number of hydrogen-bond acceptors (Lipinski definition) is 5. The summed E-state index contributed by atoms with van der Waals surface area (Å²) in [6.07, 6.45) is 0.593. The van der Waals surface area contributed by atoms with Gasteiger partial charge in [0.05, 0.1) is 11.5 Å². The van der Waals surface area contributed by atoms with Gasteiger partial charge in [-0.1, -0.05) is 0 Å². The number of nitrogens with zero attached hydrogens (tertiary/aromatic N) is 1. The third-order valence-electron chi connectivity index (χ3n) is 3.63. The zero-order chi connectivity index (χ0) is 17.2. The summed E-state index contributed by atoms with van der Waals surface area (Å²) in [4.78, 5) is 24.7. The van der Waals surface area contributed by atoms with Crippen LogP contribution in [0.1, 0.15) is 26.3 Å². The monoisotopic (exact) mass is 340 g/mol. The van der Waals surface area contributed by atoms with Crippen molar-refractivity contribution in [3.05, 3.63) is 23.8 Å². The standard InChI is InChI=1S/C15H20N2O5S/c1-4-22-15(19)9-16-23(20,21)13-5-6-14-12(8-13)7-10(2)17(14)11(3)18/h5-6,8,10,16H,4,7,9H2,1-3H3/t10-/m1/s1. The molecule has 0 saturated heterocycles. The molecule has 23 heavy (non-hydrogen) atoms. The molecule has 0 bridgehead atoms. The van der Waals surface area contributed by atoms with E-state index in [1.54, 1.807) is 24.0 Å². The van der Waals surface area contributed by atoms with E-state index < -0.39 is 22.5 Å². The van der Waals surface area contributed by atoms with Gasteiger partial charge >= 0.3 is 5.97 Å². The number of rotatable bonds is 5. The first kappa shape index (κ1) is 17.4. The van der Waals surface area contributed by atoms with Crippen molar-refractivity contribution in [2.24, 2.45) is 0 Å². The molecule has 0 unspecified atom stereocenters. The molecule has 0 aromatic heterocycles. The van der Waals surface area contributed by atoms with Crippen LogP contribution in [0.25, 0.3) is 0 Å². The summed E-state index contributed by atoms with van der Waals surface area (Å²) in [5.41, 5.74) is 1.53. The van der Waals surface area contributed by atoms with Gasteiger partial charge in [-0.15, -0.1) is 0 Å². The van der Waals surface area contributed by atoms with E-state index in [9.17, 15) is 18.0 Å². The largest absolute Gasteiger partial charge is 0.465 e. The summed E-state index contributed by atoms with van der Waals surface area (Å²) in [6, 6.07) is 4.59. The van der Waals surface area contributed by atoms with Crippen LogP contribution < -0.4 is 9.62 Å². The van der Waals surface area contributed by atoms with E-state index in [1.807, 2.05) is 6.92 Å².